The Bertz CT molecular complexity index is 841. The van der Waals surface area contributed by atoms with Crippen molar-refractivity contribution in [2.45, 2.75) is 25.8 Å². The number of aromatic carboxylic acids is 1. The fourth-order valence-electron chi connectivity index (χ4n) is 3.36. The Balaban J connectivity index is 1.50. The van der Waals surface area contributed by atoms with Gasteiger partial charge in [-0.3, -0.25) is 9.59 Å². The number of pyridine rings is 1. The summed E-state index contributed by atoms with van der Waals surface area (Å²) in [5.41, 5.74) is 1.28. The van der Waals surface area contributed by atoms with Crippen LogP contribution in [0.5, 0.6) is 0 Å². The first-order chi connectivity index (χ1) is 12.5. The van der Waals surface area contributed by atoms with Gasteiger partial charge < -0.3 is 14.6 Å². The minimum absolute atomic E-state index is 0.0736. The summed E-state index contributed by atoms with van der Waals surface area (Å²) in [6, 6.07) is 11.9. The third kappa shape index (κ3) is 4.39. The number of aryl methyl sites for hydroxylation is 1. The van der Waals surface area contributed by atoms with Crippen molar-refractivity contribution in [2.24, 2.45) is 5.92 Å². The normalized spacial score (nSPS) is 16.6. The minimum Gasteiger partial charge on any atom is -0.478 e. The van der Waals surface area contributed by atoms with Crippen LogP contribution in [0, 0.1) is 5.92 Å². The van der Waals surface area contributed by atoms with Gasteiger partial charge in [0.25, 0.3) is 5.56 Å². The summed E-state index contributed by atoms with van der Waals surface area (Å²) >= 11 is 0. The van der Waals surface area contributed by atoms with E-state index in [-0.39, 0.29) is 17.0 Å². The zero-order chi connectivity index (χ0) is 18.5. The molecule has 1 aliphatic heterocycles. The first-order valence-corrected chi connectivity index (χ1v) is 8.78. The van der Waals surface area contributed by atoms with Crippen LogP contribution in [0.4, 0.5) is 0 Å². The zero-order valence-corrected chi connectivity index (χ0v) is 14.5. The maximum atomic E-state index is 12.4. The molecule has 1 N–H and O–H groups in total. The average Bonchev–Trinajstić information content (AvgIpc) is 3.10. The molecule has 0 saturated carbocycles. The number of hydrogen-bond acceptors (Lipinski definition) is 3. The van der Waals surface area contributed by atoms with Gasteiger partial charge in [-0.15, -0.1) is 0 Å². The lowest BCUT2D eigenvalue weighted by molar-refractivity contribution is -0.130. The molecule has 1 unspecified atom stereocenters. The van der Waals surface area contributed by atoms with Crippen molar-refractivity contribution in [3.05, 3.63) is 70.1 Å². The third-order valence-corrected chi connectivity index (χ3v) is 4.83. The Morgan fingerprint density at radius 1 is 1.12 bits per heavy atom. The second-order valence-electron chi connectivity index (χ2n) is 6.68. The van der Waals surface area contributed by atoms with Crippen molar-refractivity contribution in [3.63, 3.8) is 0 Å². The van der Waals surface area contributed by atoms with Crippen LogP contribution in [0.2, 0.25) is 0 Å². The molecular weight excluding hydrogens is 332 g/mol. The lowest BCUT2D eigenvalue weighted by atomic mass is 9.98. The van der Waals surface area contributed by atoms with Gasteiger partial charge in [0, 0.05) is 38.3 Å². The Hall–Kier alpha value is -2.89. The molecule has 6 nitrogen and oxygen atoms in total. The summed E-state index contributed by atoms with van der Waals surface area (Å²) in [6.07, 6.45) is 3.80. The fourth-order valence-corrected chi connectivity index (χ4v) is 3.36. The molecular formula is C20H22N2O4. The van der Waals surface area contributed by atoms with Crippen molar-refractivity contribution in [2.75, 3.05) is 13.1 Å². The van der Waals surface area contributed by atoms with Crippen LogP contribution in [0.1, 0.15) is 28.8 Å². The van der Waals surface area contributed by atoms with Gasteiger partial charge in [0.1, 0.15) is 0 Å². The maximum Gasteiger partial charge on any atom is 0.335 e. The van der Waals surface area contributed by atoms with Crippen LogP contribution in [-0.2, 0) is 17.8 Å². The Morgan fingerprint density at radius 2 is 1.88 bits per heavy atom. The van der Waals surface area contributed by atoms with E-state index in [1.54, 1.807) is 35.0 Å². The van der Waals surface area contributed by atoms with E-state index in [9.17, 15) is 14.4 Å². The van der Waals surface area contributed by atoms with Gasteiger partial charge in [0.05, 0.1) is 5.56 Å². The van der Waals surface area contributed by atoms with E-state index in [4.69, 9.17) is 5.11 Å². The number of carboxylic acids is 1. The SMILES string of the molecule is O=C(O)c1ccc(CC2CCN(C(=O)CCn3ccccc3=O)C2)cc1. The fraction of sp³-hybridized carbons (Fsp3) is 0.350. The number of carboxylic acid groups (broad SMARTS) is 1. The monoisotopic (exact) mass is 354 g/mol. The molecule has 2 aromatic rings. The molecule has 136 valence electrons. The predicted octanol–water partition coefficient (Wildman–Crippen LogP) is 2.03. The first kappa shape index (κ1) is 17.9. The highest BCUT2D eigenvalue weighted by Crippen LogP contribution is 2.22. The Morgan fingerprint density at radius 3 is 2.58 bits per heavy atom. The van der Waals surface area contributed by atoms with Gasteiger partial charge in [-0.1, -0.05) is 18.2 Å². The van der Waals surface area contributed by atoms with Gasteiger partial charge >= 0.3 is 5.97 Å². The summed E-state index contributed by atoms with van der Waals surface area (Å²) in [4.78, 5) is 36.8. The van der Waals surface area contributed by atoms with Crippen molar-refractivity contribution in [3.8, 4) is 0 Å². The molecule has 1 amide bonds. The summed E-state index contributed by atoms with van der Waals surface area (Å²) in [7, 11) is 0. The van der Waals surface area contributed by atoms with Crippen LogP contribution >= 0.6 is 0 Å². The van der Waals surface area contributed by atoms with Crippen molar-refractivity contribution >= 4 is 11.9 Å². The number of likely N-dealkylation sites (tertiary alicyclic amines) is 1. The van der Waals surface area contributed by atoms with Gasteiger partial charge in [-0.25, -0.2) is 4.79 Å². The second kappa shape index (κ2) is 7.99. The number of hydrogen-bond donors (Lipinski definition) is 1. The highest BCUT2D eigenvalue weighted by Gasteiger charge is 2.26. The minimum atomic E-state index is -0.924. The molecule has 2 heterocycles. The van der Waals surface area contributed by atoms with E-state index >= 15 is 0 Å². The maximum absolute atomic E-state index is 12.4. The highest BCUT2D eigenvalue weighted by molar-refractivity contribution is 5.87. The quantitative estimate of drug-likeness (QED) is 0.861. The number of carbonyl (C=O) groups excluding carboxylic acids is 1. The number of rotatable bonds is 6. The third-order valence-electron chi connectivity index (χ3n) is 4.83. The molecule has 0 bridgehead atoms. The van der Waals surface area contributed by atoms with Gasteiger partial charge in [-0.05, 0) is 42.5 Å². The van der Waals surface area contributed by atoms with Crippen molar-refractivity contribution in [1.29, 1.82) is 0 Å². The molecule has 6 heteroatoms. The number of carbonyl (C=O) groups is 2. The standard InChI is InChI=1S/C20H22N2O4/c23-18-3-1-2-10-21(18)12-9-19(24)22-11-8-16(14-22)13-15-4-6-17(7-5-15)20(25)26/h1-7,10,16H,8-9,11-14H2,(H,25,26). The van der Waals surface area contributed by atoms with Crippen LogP contribution in [0.3, 0.4) is 0 Å². The van der Waals surface area contributed by atoms with Gasteiger partial charge in [0.2, 0.25) is 5.91 Å². The van der Waals surface area contributed by atoms with Gasteiger partial charge in [0.15, 0.2) is 0 Å². The Kier molecular flexibility index (Phi) is 5.51. The topological polar surface area (TPSA) is 79.6 Å². The van der Waals surface area contributed by atoms with Crippen LogP contribution in [-0.4, -0.2) is 39.5 Å². The molecule has 1 atom stereocenters. The predicted molar refractivity (Wildman–Crippen MR) is 97.1 cm³/mol. The number of aromatic nitrogens is 1. The summed E-state index contributed by atoms with van der Waals surface area (Å²) in [5.74, 6) is -0.467. The molecule has 1 fully saturated rings. The van der Waals surface area contributed by atoms with E-state index in [2.05, 4.69) is 0 Å². The first-order valence-electron chi connectivity index (χ1n) is 8.78. The van der Waals surface area contributed by atoms with Crippen LogP contribution in [0.25, 0.3) is 0 Å². The molecule has 0 radical (unpaired) electrons. The highest BCUT2D eigenvalue weighted by atomic mass is 16.4. The average molecular weight is 354 g/mol. The van der Waals surface area contributed by atoms with Crippen molar-refractivity contribution < 1.29 is 14.7 Å². The zero-order valence-electron chi connectivity index (χ0n) is 14.5. The van der Waals surface area contributed by atoms with E-state index in [0.29, 0.717) is 25.4 Å². The van der Waals surface area contributed by atoms with Crippen LogP contribution < -0.4 is 5.56 Å². The van der Waals surface area contributed by atoms with E-state index < -0.39 is 5.97 Å². The molecule has 1 aliphatic rings. The molecule has 0 aliphatic carbocycles. The lowest BCUT2D eigenvalue weighted by Crippen LogP contribution is -2.30. The smallest absolute Gasteiger partial charge is 0.335 e. The van der Waals surface area contributed by atoms with E-state index in [1.807, 2.05) is 17.0 Å². The van der Waals surface area contributed by atoms with E-state index in [0.717, 1.165) is 24.9 Å². The Labute approximate surface area is 151 Å². The number of benzene rings is 1. The van der Waals surface area contributed by atoms with E-state index in [1.165, 1.54) is 6.07 Å². The summed E-state index contributed by atoms with van der Waals surface area (Å²) in [6.45, 7) is 1.85. The molecule has 1 saturated heterocycles. The molecule has 0 spiro atoms. The summed E-state index contributed by atoms with van der Waals surface area (Å²) < 4.78 is 1.55. The number of amides is 1. The summed E-state index contributed by atoms with van der Waals surface area (Å²) in [5, 5.41) is 8.94. The molecule has 3 rings (SSSR count). The largest absolute Gasteiger partial charge is 0.478 e. The molecule has 1 aromatic heterocycles. The van der Waals surface area contributed by atoms with Gasteiger partial charge in [-0.2, -0.15) is 0 Å². The second-order valence-corrected chi connectivity index (χ2v) is 6.68. The van der Waals surface area contributed by atoms with Crippen molar-refractivity contribution in [1.82, 2.24) is 9.47 Å². The van der Waals surface area contributed by atoms with Crippen LogP contribution in [0.15, 0.2) is 53.5 Å². The molecule has 26 heavy (non-hydrogen) atoms. The lowest BCUT2D eigenvalue weighted by Gasteiger charge is -2.17. The number of nitrogens with zero attached hydrogens (tertiary/aromatic N) is 2. The molecule has 1 aromatic carbocycles.